The van der Waals surface area contributed by atoms with E-state index in [9.17, 15) is 19.8 Å². The number of hydrogen-bond donors (Lipinski definition) is 2. The molecule has 0 saturated heterocycles. The first-order valence-corrected chi connectivity index (χ1v) is 7.32. The molecule has 5 nitrogen and oxygen atoms in total. The number of fused-ring (bicyclic) bond motifs is 2. The van der Waals surface area contributed by atoms with E-state index < -0.39 is 12.1 Å². The van der Waals surface area contributed by atoms with Crippen LogP contribution >= 0.6 is 0 Å². The van der Waals surface area contributed by atoms with Crippen LogP contribution in [0.2, 0.25) is 0 Å². The molecule has 23 heavy (non-hydrogen) atoms. The number of ketones is 1. The van der Waals surface area contributed by atoms with E-state index in [0.717, 1.165) is 11.6 Å². The van der Waals surface area contributed by atoms with Gasteiger partial charge in [-0.15, -0.1) is 0 Å². The summed E-state index contributed by atoms with van der Waals surface area (Å²) in [6.07, 6.45) is -0.129. The van der Waals surface area contributed by atoms with Crippen LogP contribution in [0.25, 0.3) is 0 Å². The number of phenolic OH excluding ortho intramolecular Hbond substituents is 2. The molecule has 0 saturated carbocycles. The largest absolute Gasteiger partial charge is 0.508 e. The Balaban J connectivity index is 2.16. The summed E-state index contributed by atoms with van der Waals surface area (Å²) < 4.78 is 5.37. The van der Waals surface area contributed by atoms with Crippen LogP contribution in [0.1, 0.15) is 38.8 Å². The molecule has 0 spiro atoms. The molecule has 118 valence electrons. The molecule has 1 aliphatic heterocycles. The number of phenols is 2. The third kappa shape index (κ3) is 2.90. The first-order chi connectivity index (χ1) is 11.0. The number of hydrogen-bond acceptors (Lipinski definition) is 5. The highest BCUT2D eigenvalue weighted by atomic mass is 16.5. The maximum Gasteiger partial charge on any atom is 0.342 e. The maximum absolute atomic E-state index is 12.6. The lowest BCUT2D eigenvalue weighted by Crippen LogP contribution is -2.22. The number of benzene rings is 2. The minimum Gasteiger partial charge on any atom is -0.508 e. The molecule has 2 aromatic carbocycles. The van der Waals surface area contributed by atoms with Gasteiger partial charge in [0.15, 0.2) is 5.78 Å². The molecule has 1 atom stereocenters. The average Bonchev–Trinajstić information content (AvgIpc) is 2.45. The number of aromatic hydroxyl groups is 2. The quantitative estimate of drug-likeness (QED) is 0.731. The normalized spacial score (nSPS) is 17.9. The van der Waals surface area contributed by atoms with Crippen molar-refractivity contribution in [3.63, 3.8) is 0 Å². The average molecular weight is 312 g/mol. The summed E-state index contributed by atoms with van der Waals surface area (Å²) in [6, 6.07) is 9.55. The van der Waals surface area contributed by atoms with Crippen molar-refractivity contribution in [1.29, 1.82) is 0 Å². The number of carbonyl (C=O) groups excluding carboxylic acids is 2. The number of carbonyl (C=O) groups is 2. The van der Waals surface area contributed by atoms with Gasteiger partial charge < -0.3 is 14.9 Å². The Labute approximate surface area is 133 Å². The number of ether oxygens (including phenoxy) is 1. The second-order valence-corrected chi connectivity index (χ2v) is 5.68. The highest BCUT2D eigenvalue weighted by Gasteiger charge is 2.26. The van der Waals surface area contributed by atoms with E-state index in [0.29, 0.717) is 12.0 Å². The van der Waals surface area contributed by atoms with E-state index in [-0.39, 0.29) is 34.8 Å². The van der Waals surface area contributed by atoms with Gasteiger partial charge in [0.05, 0.1) is 0 Å². The van der Waals surface area contributed by atoms with Crippen LogP contribution in [0, 0.1) is 0 Å². The number of cyclic esters (lactones) is 1. The number of Topliss-reactive ketones (excluding diaryl/α,β-unsaturated/α-hetero) is 1. The summed E-state index contributed by atoms with van der Waals surface area (Å²) >= 11 is 0. The summed E-state index contributed by atoms with van der Waals surface area (Å²) in [5.74, 6) is -1.47. The van der Waals surface area contributed by atoms with Gasteiger partial charge in [0, 0.05) is 24.5 Å². The second kappa shape index (κ2) is 5.76. The summed E-state index contributed by atoms with van der Waals surface area (Å²) in [5, 5.41) is 19.6. The van der Waals surface area contributed by atoms with Gasteiger partial charge >= 0.3 is 5.97 Å². The molecule has 0 aliphatic carbocycles. The molecule has 2 N–H and O–H groups in total. The van der Waals surface area contributed by atoms with Crippen molar-refractivity contribution in [3.05, 3.63) is 58.7 Å². The van der Waals surface area contributed by atoms with E-state index >= 15 is 0 Å². The Morgan fingerprint density at radius 3 is 2.61 bits per heavy atom. The topological polar surface area (TPSA) is 83.8 Å². The van der Waals surface area contributed by atoms with Crippen LogP contribution in [0.5, 0.6) is 11.5 Å². The molecule has 0 amide bonds. The minimum atomic E-state index is -0.697. The van der Waals surface area contributed by atoms with Crippen LogP contribution in [0.15, 0.2) is 36.4 Å². The van der Waals surface area contributed by atoms with Crippen molar-refractivity contribution < 1.29 is 24.5 Å². The summed E-state index contributed by atoms with van der Waals surface area (Å²) in [5.41, 5.74) is 1.56. The molecule has 0 radical (unpaired) electrons. The van der Waals surface area contributed by atoms with Crippen molar-refractivity contribution in [2.75, 3.05) is 0 Å². The molecule has 3 rings (SSSR count). The van der Waals surface area contributed by atoms with Gasteiger partial charge in [-0.1, -0.05) is 24.3 Å². The standard InChI is InChI=1S/C18H16O5/c1-10-6-11-4-2-3-5-14(11)15(20)8-12-7-13(19)9-16(21)17(12)18(22)23-10/h2-5,7,9-10,19,21H,6,8H2,1H3. The molecule has 0 aromatic heterocycles. The number of rotatable bonds is 0. The van der Waals surface area contributed by atoms with Crippen LogP contribution in [-0.2, 0) is 17.6 Å². The molecule has 0 fully saturated rings. The van der Waals surface area contributed by atoms with E-state index in [4.69, 9.17) is 4.74 Å². The van der Waals surface area contributed by atoms with Gasteiger partial charge in [-0.05, 0) is 24.1 Å². The van der Waals surface area contributed by atoms with Crippen LogP contribution in [-0.4, -0.2) is 28.1 Å². The van der Waals surface area contributed by atoms with Crippen molar-refractivity contribution in [1.82, 2.24) is 0 Å². The van der Waals surface area contributed by atoms with Gasteiger partial charge in [0.25, 0.3) is 0 Å². The lowest BCUT2D eigenvalue weighted by Gasteiger charge is -2.19. The molecule has 2 aromatic rings. The Bertz CT molecular complexity index is 794. The molecule has 1 aliphatic rings. The fourth-order valence-electron chi connectivity index (χ4n) is 2.88. The highest BCUT2D eigenvalue weighted by molar-refractivity contribution is 6.02. The zero-order chi connectivity index (χ0) is 16.6. The van der Waals surface area contributed by atoms with E-state index in [1.54, 1.807) is 19.1 Å². The number of esters is 1. The van der Waals surface area contributed by atoms with E-state index in [1.807, 2.05) is 12.1 Å². The Morgan fingerprint density at radius 2 is 1.83 bits per heavy atom. The van der Waals surface area contributed by atoms with Gasteiger partial charge in [-0.3, -0.25) is 4.79 Å². The molecule has 1 heterocycles. The predicted molar refractivity (Wildman–Crippen MR) is 82.8 cm³/mol. The van der Waals surface area contributed by atoms with Crippen LogP contribution in [0.4, 0.5) is 0 Å². The maximum atomic E-state index is 12.6. The van der Waals surface area contributed by atoms with Crippen LogP contribution < -0.4 is 0 Å². The fourth-order valence-corrected chi connectivity index (χ4v) is 2.88. The lowest BCUT2D eigenvalue weighted by atomic mass is 9.92. The zero-order valence-corrected chi connectivity index (χ0v) is 12.6. The molecular weight excluding hydrogens is 296 g/mol. The third-order valence-corrected chi connectivity index (χ3v) is 3.87. The first-order valence-electron chi connectivity index (χ1n) is 7.32. The Kier molecular flexibility index (Phi) is 3.78. The van der Waals surface area contributed by atoms with Crippen molar-refractivity contribution in [2.45, 2.75) is 25.9 Å². The zero-order valence-electron chi connectivity index (χ0n) is 12.6. The van der Waals surface area contributed by atoms with Gasteiger partial charge in [0.1, 0.15) is 23.2 Å². The Morgan fingerprint density at radius 1 is 1.09 bits per heavy atom. The van der Waals surface area contributed by atoms with Gasteiger partial charge in [-0.2, -0.15) is 0 Å². The van der Waals surface area contributed by atoms with E-state index in [1.165, 1.54) is 6.07 Å². The van der Waals surface area contributed by atoms with E-state index in [2.05, 4.69) is 0 Å². The smallest absolute Gasteiger partial charge is 0.342 e. The second-order valence-electron chi connectivity index (χ2n) is 5.68. The first kappa shape index (κ1) is 15.1. The summed E-state index contributed by atoms with van der Waals surface area (Å²) in [4.78, 5) is 24.9. The summed E-state index contributed by atoms with van der Waals surface area (Å²) in [6.45, 7) is 1.73. The molecule has 5 heteroatoms. The Hall–Kier alpha value is -2.82. The molecular formula is C18H16O5. The van der Waals surface area contributed by atoms with Crippen molar-refractivity contribution in [2.24, 2.45) is 0 Å². The van der Waals surface area contributed by atoms with Gasteiger partial charge in [0.2, 0.25) is 0 Å². The monoisotopic (exact) mass is 312 g/mol. The molecule has 1 unspecified atom stereocenters. The summed E-state index contributed by atoms with van der Waals surface area (Å²) in [7, 11) is 0. The van der Waals surface area contributed by atoms with Crippen molar-refractivity contribution >= 4 is 11.8 Å². The SMILES string of the molecule is CC1Cc2ccccc2C(=O)Cc2cc(O)cc(O)c2C(=O)O1. The third-order valence-electron chi connectivity index (χ3n) is 3.87. The molecule has 0 bridgehead atoms. The minimum absolute atomic E-state index is 0.0672. The lowest BCUT2D eigenvalue weighted by molar-refractivity contribution is 0.0337. The predicted octanol–water partition coefficient (Wildman–Crippen LogP) is 2.62. The van der Waals surface area contributed by atoms with Crippen molar-refractivity contribution in [3.8, 4) is 11.5 Å². The fraction of sp³-hybridized carbons (Fsp3) is 0.222. The van der Waals surface area contributed by atoms with Crippen LogP contribution in [0.3, 0.4) is 0 Å². The van der Waals surface area contributed by atoms with Gasteiger partial charge in [-0.25, -0.2) is 4.79 Å². The highest BCUT2D eigenvalue weighted by Crippen LogP contribution is 2.30.